The first-order valence-corrected chi connectivity index (χ1v) is 8.57. The molecule has 1 heterocycles. The molecule has 0 saturated heterocycles. The van der Waals surface area contributed by atoms with Crippen LogP contribution in [-0.2, 0) is 5.41 Å². The molecule has 0 amide bonds. The van der Waals surface area contributed by atoms with Gasteiger partial charge in [0, 0.05) is 17.8 Å². The maximum Gasteiger partial charge on any atom is 0.203 e. The van der Waals surface area contributed by atoms with Gasteiger partial charge in [0.1, 0.15) is 0 Å². The second-order valence-corrected chi connectivity index (χ2v) is 6.03. The summed E-state index contributed by atoms with van der Waals surface area (Å²) in [6.07, 6.45) is 6.50. The van der Waals surface area contributed by atoms with Gasteiger partial charge in [-0.3, -0.25) is 4.98 Å². The minimum absolute atomic E-state index is 0.245. The normalized spacial score (nSPS) is 13.2. The number of nitrogens with zero attached hydrogens (tertiary/aromatic N) is 1. The molecule has 0 aliphatic heterocycles. The van der Waals surface area contributed by atoms with Crippen molar-refractivity contribution in [2.45, 2.75) is 31.6 Å². The lowest BCUT2D eigenvalue weighted by Crippen LogP contribution is -2.31. The van der Waals surface area contributed by atoms with Crippen LogP contribution >= 0.6 is 0 Å². The van der Waals surface area contributed by atoms with Crippen molar-refractivity contribution < 1.29 is 14.2 Å². The van der Waals surface area contributed by atoms with Crippen LogP contribution in [0.1, 0.15) is 37.3 Å². The summed E-state index contributed by atoms with van der Waals surface area (Å²) < 4.78 is 16.6. The summed E-state index contributed by atoms with van der Waals surface area (Å²) in [7, 11) is 4.88. The fourth-order valence-corrected chi connectivity index (χ4v) is 3.55. The first kappa shape index (κ1) is 19.1. The molecule has 0 aliphatic carbocycles. The number of pyridine rings is 1. The molecule has 0 bridgehead atoms. The molecule has 5 heteroatoms. The van der Waals surface area contributed by atoms with E-state index in [-0.39, 0.29) is 5.41 Å². The van der Waals surface area contributed by atoms with Gasteiger partial charge in [-0.15, -0.1) is 0 Å². The van der Waals surface area contributed by atoms with E-state index in [2.05, 4.69) is 18.0 Å². The van der Waals surface area contributed by atoms with Gasteiger partial charge in [0.2, 0.25) is 5.75 Å². The second kappa shape index (κ2) is 8.72. The van der Waals surface area contributed by atoms with Crippen LogP contribution in [-0.4, -0.2) is 32.9 Å². The summed E-state index contributed by atoms with van der Waals surface area (Å²) >= 11 is 0. The van der Waals surface area contributed by atoms with E-state index in [9.17, 15) is 0 Å². The molecule has 1 unspecified atom stereocenters. The molecule has 0 radical (unpaired) electrons. The Hall–Kier alpha value is -2.27. The molecule has 2 N–H and O–H groups in total. The Labute approximate surface area is 150 Å². The Kier molecular flexibility index (Phi) is 6.65. The summed E-state index contributed by atoms with van der Waals surface area (Å²) in [4.78, 5) is 4.33. The highest BCUT2D eigenvalue weighted by atomic mass is 16.5. The van der Waals surface area contributed by atoms with Crippen LogP contribution in [0.25, 0.3) is 0 Å². The number of benzene rings is 1. The lowest BCUT2D eigenvalue weighted by Gasteiger charge is -2.35. The third-order valence-electron chi connectivity index (χ3n) is 4.68. The van der Waals surface area contributed by atoms with Crippen LogP contribution in [0.2, 0.25) is 0 Å². The summed E-state index contributed by atoms with van der Waals surface area (Å²) in [5.74, 6) is 1.90. The van der Waals surface area contributed by atoms with Crippen LogP contribution < -0.4 is 19.9 Å². The summed E-state index contributed by atoms with van der Waals surface area (Å²) in [5.41, 5.74) is 8.01. The van der Waals surface area contributed by atoms with Gasteiger partial charge in [-0.2, -0.15) is 0 Å². The summed E-state index contributed by atoms with van der Waals surface area (Å²) in [5, 5.41) is 0. The van der Waals surface area contributed by atoms with Crippen molar-refractivity contribution >= 4 is 0 Å². The molecule has 0 spiro atoms. The van der Waals surface area contributed by atoms with Crippen molar-refractivity contribution in [3.63, 3.8) is 0 Å². The zero-order valence-corrected chi connectivity index (χ0v) is 15.5. The second-order valence-electron chi connectivity index (χ2n) is 6.03. The Balaban J connectivity index is 2.73. The zero-order valence-electron chi connectivity index (χ0n) is 15.5. The summed E-state index contributed by atoms with van der Waals surface area (Å²) in [6.45, 7) is 2.76. The number of methoxy groups -OCH3 is 3. The number of hydrogen-bond donors (Lipinski definition) is 1. The van der Waals surface area contributed by atoms with Crippen LogP contribution in [0.15, 0.2) is 36.7 Å². The molecular weight excluding hydrogens is 316 g/mol. The van der Waals surface area contributed by atoms with Gasteiger partial charge in [0.05, 0.1) is 21.3 Å². The fraction of sp³-hybridized carbons (Fsp3) is 0.450. The smallest absolute Gasteiger partial charge is 0.203 e. The van der Waals surface area contributed by atoms with E-state index in [1.54, 1.807) is 27.5 Å². The van der Waals surface area contributed by atoms with Gasteiger partial charge in [0.15, 0.2) is 11.5 Å². The van der Waals surface area contributed by atoms with Crippen LogP contribution in [0.4, 0.5) is 0 Å². The molecule has 136 valence electrons. The van der Waals surface area contributed by atoms with Crippen molar-refractivity contribution in [3.05, 3.63) is 47.8 Å². The average molecular weight is 344 g/mol. The monoisotopic (exact) mass is 344 g/mol. The van der Waals surface area contributed by atoms with Crippen LogP contribution in [0.3, 0.4) is 0 Å². The number of ether oxygens (including phenoxy) is 3. The summed E-state index contributed by atoms with van der Waals surface area (Å²) in [6, 6.07) is 8.13. The quantitative estimate of drug-likeness (QED) is 0.753. The van der Waals surface area contributed by atoms with Gasteiger partial charge in [-0.05, 0) is 48.7 Å². The first-order valence-electron chi connectivity index (χ1n) is 8.57. The largest absolute Gasteiger partial charge is 0.493 e. The minimum atomic E-state index is -0.245. The van der Waals surface area contributed by atoms with Gasteiger partial charge in [-0.1, -0.05) is 19.4 Å². The Morgan fingerprint density at radius 3 is 2.12 bits per heavy atom. The minimum Gasteiger partial charge on any atom is -0.493 e. The Bertz CT molecular complexity index is 643. The molecule has 25 heavy (non-hydrogen) atoms. The number of aromatic nitrogens is 1. The van der Waals surface area contributed by atoms with Gasteiger partial charge < -0.3 is 19.9 Å². The standard InChI is InChI=1S/C20H28N2O3/c1-5-8-20(9-10-21,15-7-6-11-22-14-15)16-12-17(23-2)19(25-4)18(13-16)24-3/h6-7,11-14H,5,8-10,21H2,1-4H3. The molecule has 0 saturated carbocycles. The number of nitrogens with two attached hydrogens (primary N) is 1. The molecular formula is C20H28N2O3. The molecule has 2 aromatic rings. The van der Waals surface area contributed by atoms with E-state index < -0.39 is 0 Å². The third-order valence-corrected chi connectivity index (χ3v) is 4.68. The zero-order chi connectivity index (χ0) is 18.3. The fourth-order valence-electron chi connectivity index (χ4n) is 3.55. The van der Waals surface area contributed by atoms with Crippen molar-refractivity contribution in [2.75, 3.05) is 27.9 Å². The molecule has 5 nitrogen and oxygen atoms in total. The van der Waals surface area contributed by atoms with Crippen molar-refractivity contribution in [3.8, 4) is 17.2 Å². The molecule has 0 fully saturated rings. The highest BCUT2D eigenvalue weighted by molar-refractivity contribution is 5.57. The predicted octanol–water partition coefficient (Wildman–Crippen LogP) is 3.54. The lowest BCUT2D eigenvalue weighted by atomic mass is 9.69. The van der Waals surface area contributed by atoms with E-state index in [0.29, 0.717) is 23.8 Å². The van der Waals surface area contributed by atoms with E-state index in [4.69, 9.17) is 19.9 Å². The van der Waals surface area contributed by atoms with Crippen molar-refractivity contribution in [2.24, 2.45) is 5.73 Å². The van der Waals surface area contributed by atoms with Gasteiger partial charge >= 0.3 is 0 Å². The van der Waals surface area contributed by atoms with Crippen molar-refractivity contribution in [1.82, 2.24) is 4.98 Å². The molecule has 2 rings (SSSR count). The highest BCUT2D eigenvalue weighted by Crippen LogP contribution is 2.46. The van der Waals surface area contributed by atoms with E-state index >= 15 is 0 Å². The van der Waals surface area contributed by atoms with Crippen molar-refractivity contribution in [1.29, 1.82) is 0 Å². The maximum atomic E-state index is 6.01. The van der Waals surface area contributed by atoms with Crippen LogP contribution in [0, 0.1) is 0 Å². The molecule has 1 aromatic heterocycles. The van der Waals surface area contributed by atoms with E-state index in [1.165, 1.54) is 0 Å². The van der Waals surface area contributed by atoms with E-state index in [0.717, 1.165) is 30.4 Å². The molecule has 1 atom stereocenters. The lowest BCUT2D eigenvalue weighted by molar-refractivity contribution is 0.321. The third kappa shape index (κ3) is 3.71. The molecule has 0 aliphatic rings. The highest BCUT2D eigenvalue weighted by Gasteiger charge is 2.35. The average Bonchev–Trinajstić information content (AvgIpc) is 2.67. The predicted molar refractivity (Wildman–Crippen MR) is 99.7 cm³/mol. The number of hydrogen-bond acceptors (Lipinski definition) is 5. The van der Waals surface area contributed by atoms with E-state index in [1.807, 2.05) is 24.4 Å². The van der Waals surface area contributed by atoms with Gasteiger partial charge in [-0.25, -0.2) is 0 Å². The SMILES string of the molecule is CCCC(CCN)(c1cccnc1)c1cc(OC)c(OC)c(OC)c1. The molecule has 1 aromatic carbocycles. The Morgan fingerprint density at radius 2 is 1.68 bits per heavy atom. The van der Waals surface area contributed by atoms with Gasteiger partial charge in [0.25, 0.3) is 0 Å². The maximum absolute atomic E-state index is 6.01. The number of rotatable bonds is 9. The Morgan fingerprint density at radius 1 is 1.00 bits per heavy atom. The first-order chi connectivity index (χ1) is 12.2. The topological polar surface area (TPSA) is 66.6 Å². The van der Waals surface area contributed by atoms with Crippen LogP contribution in [0.5, 0.6) is 17.2 Å².